The summed E-state index contributed by atoms with van der Waals surface area (Å²) in [6.45, 7) is -0.0321. The Morgan fingerprint density at radius 1 is 1.47 bits per heavy atom. The molecule has 0 unspecified atom stereocenters. The number of aromatic nitrogens is 3. The second kappa shape index (κ2) is 4.94. The molecular formula is C10H12FN5O2S. The highest BCUT2D eigenvalue weighted by Gasteiger charge is 2.18. The van der Waals surface area contributed by atoms with E-state index in [1.165, 1.54) is 6.33 Å². The van der Waals surface area contributed by atoms with Crippen LogP contribution in [0.3, 0.4) is 0 Å². The first kappa shape index (κ1) is 13.4. The number of rotatable bonds is 4. The number of sulfonamides is 1. The first-order valence-corrected chi connectivity index (χ1v) is 6.76. The lowest BCUT2D eigenvalue weighted by atomic mass is 10.3. The molecule has 0 aliphatic rings. The van der Waals surface area contributed by atoms with Crippen molar-refractivity contribution in [3.63, 3.8) is 0 Å². The van der Waals surface area contributed by atoms with E-state index in [0.29, 0.717) is 5.82 Å². The summed E-state index contributed by atoms with van der Waals surface area (Å²) in [5, 5.41) is 7.37. The minimum atomic E-state index is -3.82. The van der Waals surface area contributed by atoms with Crippen molar-refractivity contribution >= 4 is 15.7 Å². The van der Waals surface area contributed by atoms with E-state index < -0.39 is 15.8 Å². The van der Waals surface area contributed by atoms with Gasteiger partial charge in [-0.2, -0.15) is 0 Å². The predicted molar refractivity (Wildman–Crippen MR) is 65.8 cm³/mol. The van der Waals surface area contributed by atoms with Gasteiger partial charge < -0.3 is 10.3 Å². The lowest BCUT2D eigenvalue weighted by molar-refractivity contribution is 0.577. The molecule has 7 nitrogen and oxygen atoms in total. The molecule has 0 saturated carbocycles. The third-order valence-corrected chi connectivity index (χ3v) is 3.96. The van der Waals surface area contributed by atoms with Gasteiger partial charge in [0.1, 0.15) is 22.9 Å². The zero-order chi connectivity index (χ0) is 14.0. The maximum atomic E-state index is 12.9. The topological polar surface area (TPSA) is 103 Å². The molecule has 0 aliphatic heterocycles. The molecular weight excluding hydrogens is 273 g/mol. The minimum absolute atomic E-state index is 0.0321. The average molecular weight is 285 g/mol. The fraction of sp³-hybridized carbons (Fsp3) is 0.200. The van der Waals surface area contributed by atoms with Gasteiger partial charge in [-0.25, -0.2) is 17.5 Å². The van der Waals surface area contributed by atoms with E-state index in [1.54, 1.807) is 11.6 Å². The molecule has 1 aromatic heterocycles. The van der Waals surface area contributed by atoms with E-state index >= 15 is 0 Å². The van der Waals surface area contributed by atoms with E-state index in [9.17, 15) is 12.8 Å². The van der Waals surface area contributed by atoms with Crippen molar-refractivity contribution in [2.24, 2.45) is 7.05 Å². The lowest BCUT2D eigenvalue weighted by Gasteiger charge is -2.08. The van der Waals surface area contributed by atoms with Gasteiger partial charge in [-0.05, 0) is 18.2 Å². The van der Waals surface area contributed by atoms with Crippen molar-refractivity contribution in [1.29, 1.82) is 0 Å². The maximum absolute atomic E-state index is 12.9. The third-order valence-electron chi connectivity index (χ3n) is 2.49. The van der Waals surface area contributed by atoms with E-state index in [-0.39, 0.29) is 17.1 Å². The Balaban J connectivity index is 2.21. The van der Waals surface area contributed by atoms with Crippen molar-refractivity contribution in [2.75, 3.05) is 5.73 Å². The molecule has 9 heteroatoms. The Labute approximate surface area is 109 Å². The summed E-state index contributed by atoms with van der Waals surface area (Å²) in [5.74, 6) is -0.144. The summed E-state index contributed by atoms with van der Waals surface area (Å²) in [7, 11) is -2.13. The van der Waals surface area contributed by atoms with Crippen LogP contribution >= 0.6 is 0 Å². The van der Waals surface area contributed by atoms with E-state index in [1.807, 2.05) is 0 Å². The number of nitrogens with one attached hydrogen (secondary N) is 1. The van der Waals surface area contributed by atoms with Gasteiger partial charge in [-0.1, -0.05) is 0 Å². The number of hydrogen-bond donors (Lipinski definition) is 2. The largest absolute Gasteiger partial charge is 0.398 e. The second-order valence-corrected chi connectivity index (χ2v) is 5.60. The molecule has 0 atom stereocenters. The Bertz CT molecular complexity index is 698. The molecule has 2 rings (SSSR count). The zero-order valence-corrected chi connectivity index (χ0v) is 10.9. The molecule has 102 valence electrons. The number of benzene rings is 1. The molecule has 1 heterocycles. The van der Waals surface area contributed by atoms with Crippen molar-refractivity contribution in [2.45, 2.75) is 11.4 Å². The van der Waals surface area contributed by atoms with Gasteiger partial charge in [0.15, 0.2) is 0 Å². The molecule has 2 aromatic rings. The summed E-state index contributed by atoms with van der Waals surface area (Å²) in [6, 6.07) is 3.10. The van der Waals surface area contributed by atoms with Crippen LogP contribution in [0, 0.1) is 5.82 Å². The van der Waals surface area contributed by atoms with Crippen LogP contribution < -0.4 is 10.5 Å². The molecule has 3 N–H and O–H groups in total. The molecule has 0 saturated heterocycles. The van der Waals surface area contributed by atoms with Gasteiger partial charge in [0.05, 0.1) is 12.2 Å². The summed E-state index contributed by atoms with van der Waals surface area (Å²) in [4.78, 5) is -0.170. The highest BCUT2D eigenvalue weighted by Crippen LogP contribution is 2.19. The van der Waals surface area contributed by atoms with Crippen LogP contribution in [-0.4, -0.2) is 23.2 Å². The van der Waals surface area contributed by atoms with Crippen LogP contribution in [0.1, 0.15) is 5.82 Å². The maximum Gasteiger partial charge on any atom is 0.243 e. The van der Waals surface area contributed by atoms with Crippen molar-refractivity contribution in [3.8, 4) is 0 Å². The molecule has 0 spiro atoms. The fourth-order valence-corrected chi connectivity index (χ4v) is 2.56. The van der Waals surface area contributed by atoms with Gasteiger partial charge >= 0.3 is 0 Å². The van der Waals surface area contributed by atoms with Gasteiger partial charge in [-0.15, -0.1) is 10.2 Å². The molecule has 1 aromatic carbocycles. The molecule has 0 radical (unpaired) electrons. The summed E-state index contributed by atoms with van der Waals surface area (Å²) >= 11 is 0. The molecule has 0 aliphatic carbocycles. The van der Waals surface area contributed by atoms with Gasteiger partial charge in [0.25, 0.3) is 0 Å². The Morgan fingerprint density at radius 2 is 2.21 bits per heavy atom. The van der Waals surface area contributed by atoms with Gasteiger partial charge in [0, 0.05) is 7.05 Å². The number of nitrogen functional groups attached to an aromatic ring is 1. The van der Waals surface area contributed by atoms with Crippen LogP contribution in [0.15, 0.2) is 29.4 Å². The third kappa shape index (κ3) is 2.88. The smallest absolute Gasteiger partial charge is 0.243 e. The second-order valence-electron chi connectivity index (χ2n) is 3.86. The van der Waals surface area contributed by atoms with Crippen LogP contribution in [0.4, 0.5) is 10.1 Å². The molecule has 19 heavy (non-hydrogen) atoms. The number of nitrogens with two attached hydrogens (primary N) is 1. The standard InChI is InChI=1S/C10H12FN5O2S/c1-16-6-13-15-10(16)5-14-19(17,18)9-3-2-7(11)4-8(9)12/h2-4,6,14H,5,12H2,1H3. The number of aryl methyl sites for hydroxylation is 1. The van der Waals surface area contributed by atoms with Crippen molar-refractivity contribution in [3.05, 3.63) is 36.2 Å². The normalized spacial score (nSPS) is 11.7. The van der Waals surface area contributed by atoms with E-state index in [2.05, 4.69) is 14.9 Å². The Kier molecular flexibility index (Phi) is 3.49. The highest BCUT2D eigenvalue weighted by atomic mass is 32.2. The summed E-state index contributed by atoms with van der Waals surface area (Å²) in [5.41, 5.74) is 5.35. The van der Waals surface area contributed by atoms with Crippen molar-refractivity contribution in [1.82, 2.24) is 19.5 Å². The molecule has 0 fully saturated rings. The first-order valence-electron chi connectivity index (χ1n) is 5.28. The van der Waals surface area contributed by atoms with Gasteiger partial charge in [0.2, 0.25) is 10.0 Å². The van der Waals surface area contributed by atoms with Crippen LogP contribution in [0.2, 0.25) is 0 Å². The van der Waals surface area contributed by atoms with E-state index in [0.717, 1.165) is 18.2 Å². The minimum Gasteiger partial charge on any atom is -0.398 e. The number of halogens is 1. The van der Waals surface area contributed by atoms with Crippen LogP contribution in [0.25, 0.3) is 0 Å². The lowest BCUT2D eigenvalue weighted by Crippen LogP contribution is -2.25. The summed E-state index contributed by atoms with van der Waals surface area (Å²) < 4.78 is 40.8. The Hall–Kier alpha value is -2.00. The number of nitrogens with zero attached hydrogens (tertiary/aromatic N) is 3. The van der Waals surface area contributed by atoms with Crippen LogP contribution in [0.5, 0.6) is 0 Å². The number of hydrogen-bond acceptors (Lipinski definition) is 5. The average Bonchev–Trinajstić information content (AvgIpc) is 2.72. The zero-order valence-electron chi connectivity index (χ0n) is 10.0. The SMILES string of the molecule is Cn1cnnc1CNS(=O)(=O)c1ccc(F)cc1N. The monoisotopic (exact) mass is 285 g/mol. The van der Waals surface area contributed by atoms with Crippen molar-refractivity contribution < 1.29 is 12.8 Å². The number of anilines is 1. The predicted octanol–water partition coefficient (Wildman–Crippen LogP) is 0.0149. The van der Waals surface area contributed by atoms with Crippen LogP contribution in [-0.2, 0) is 23.6 Å². The van der Waals surface area contributed by atoms with E-state index in [4.69, 9.17) is 5.73 Å². The first-order chi connectivity index (χ1) is 8.90. The highest BCUT2D eigenvalue weighted by molar-refractivity contribution is 7.89. The fourth-order valence-electron chi connectivity index (χ4n) is 1.47. The summed E-state index contributed by atoms with van der Waals surface area (Å²) in [6.07, 6.45) is 1.45. The molecule has 0 bridgehead atoms. The quantitative estimate of drug-likeness (QED) is 0.771. The molecule has 0 amide bonds. The Morgan fingerprint density at radius 3 is 2.79 bits per heavy atom. The van der Waals surface area contributed by atoms with Gasteiger partial charge in [-0.3, -0.25) is 0 Å².